The van der Waals surface area contributed by atoms with E-state index >= 15 is 0 Å². The zero-order valence-corrected chi connectivity index (χ0v) is 10.9. The number of aryl methyl sites for hydroxylation is 2. The monoisotopic (exact) mass is 236 g/mol. The average Bonchev–Trinajstić information content (AvgIpc) is 2.26. The molecule has 0 aliphatic carbocycles. The van der Waals surface area contributed by atoms with Crippen molar-refractivity contribution in [3.8, 4) is 5.75 Å². The van der Waals surface area contributed by atoms with Gasteiger partial charge in [0, 0.05) is 0 Å². The minimum Gasteiger partial charge on any atom is -0.496 e. The first-order chi connectivity index (χ1) is 7.86. The van der Waals surface area contributed by atoms with Gasteiger partial charge in [0.05, 0.1) is 12.5 Å². The Kier molecular flexibility index (Phi) is 4.16. The predicted molar refractivity (Wildman–Crippen MR) is 67.5 cm³/mol. The Morgan fingerprint density at radius 3 is 2.59 bits per heavy atom. The summed E-state index contributed by atoms with van der Waals surface area (Å²) in [5, 5.41) is 9.07. The topological polar surface area (TPSA) is 46.5 Å². The fourth-order valence-corrected chi connectivity index (χ4v) is 1.66. The molecule has 0 heterocycles. The van der Waals surface area contributed by atoms with E-state index in [4.69, 9.17) is 9.84 Å². The van der Waals surface area contributed by atoms with E-state index in [1.54, 1.807) is 21.0 Å². The summed E-state index contributed by atoms with van der Waals surface area (Å²) in [4.78, 5) is 11.0. The van der Waals surface area contributed by atoms with Crippen molar-refractivity contribution >= 4 is 5.97 Å². The van der Waals surface area contributed by atoms with Crippen LogP contribution >= 0.6 is 0 Å². The molecular weight excluding hydrogens is 216 g/mol. The van der Waals surface area contributed by atoms with Crippen LogP contribution in [0.15, 0.2) is 18.2 Å². The van der Waals surface area contributed by atoms with Gasteiger partial charge in [-0.25, -0.2) is 0 Å². The van der Waals surface area contributed by atoms with Crippen LogP contribution in [0.1, 0.15) is 31.4 Å². The zero-order chi connectivity index (χ0) is 13.1. The molecule has 0 unspecified atom stereocenters. The van der Waals surface area contributed by atoms with Crippen LogP contribution in [0.4, 0.5) is 0 Å². The van der Waals surface area contributed by atoms with Crippen LogP contribution in [0.3, 0.4) is 0 Å². The van der Waals surface area contributed by atoms with E-state index < -0.39 is 11.4 Å². The largest absolute Gasteiger partial charge is 0.496 e. The summed E-state index contributed by atoms with van der Waals surface area (Å²) < 4.78 is 5.28. The standard InChI is InChI=1S/C14H20O3/c1-10-5-6-12(17-4)11(9-10)7-8-14(2,3)13(15)16/h5-6,9H,7-8H2,1-4H3,(H,15,16). The maximum absolute atomic E-state index is 11.0. The number of benzene rings is 1. The Labute approximate surface area is 102 Å². The first-order valence-corrected chi connectivity index (χ1v) is 5.74. The molecular formula is C14H20O3. The van der Waals surface area contributed by atoms with Crippen molar-refractivity contribution in [2.45, 2.75) is 33.6 Å². The molecule has 0 fully saturated rings. The normalized spacial score (nSPS) is 11.3. The zero-order valence-electron chi connectivity index (χ0n) is 10.9. The average molecular weight is 236 g/mol. The number of carboxylic acids is 1. The van der Waals surface area contributed by atoms with Crippen molar-refractivity contribution in [3.63, 3.8) is 0 Å². The first-order valence-electron chi connectivity index (χ1n) is 5.74. The maximum atomic E-state index is 11.0. The number of hydrogen-bond donors (Lipinski definition) is 1. The van der Waals surface area contributed by atoms with Crippen LogP contribution in [0.2, 0.25) is 0 Å². The molecule has 1 aromatic carbocycles. The van der Waals surface area contributed by atoms with Crippen LogP contribution in [0.5, 0.6) is 5.75 Å². The Balaban J connectivity index is 2.81. The molecule has 0 radical (unpaired) electrons. The van der Waals surface area contributed by atoms with Gasteiger partial charge in [0.15, 0.2) is 0 Å². The lowest BCUT2D eigenvalue weighted by Gasteiger charge is -2.19. The van der Waals surface area contributed by atoms with E-state index in [1.807, 2.05) is 19.1 Å². The van der Waals surface area contributed by atoms with E-state index in [2.05, 4.69) is 6.07 Å². The number of hydrogen-bond acceptors (Lipinski definition) is 2. The molecule has 17 heavy (non-hydrogen) atoms. The molecule has 1 rings (SSSR count). The van der Waals surface area contributed by atoms with Crippen LogP contribution < -0.4 is 4.74 Å². The Morgan fingerprint density at radius 1 is 1.41 bits per heavy atom. The fraction of sp³-hybridized carbons (Fsp3) is 0.500. The predicted octanol–water partition coefficient (Wildman–Crippen LogP) is 3.05. The van der Waals surface area contributed by atoms with E-state index in [0.29, 0.717) is 12.8 Å². The van der Waals surface area contributed by atoms with Crippen molar-refractivity contribution in [2.24, 2.45) is 5.41 Å². The van der Waals surface area contributed by atoms with Gasteiger partial charge in [-0.2, -0.15) is 0 Å². The van der Waals surface area contributed by atoms with Gasteiger partial charge in [-0.15, -0.1) is 0 Å². The molecule has 3 nitrogen and oxygen atoms in total. The van der Waals surface area contributed by atoms with Crippen molar-refractivity contribution in [3.05, 3.63) is 29.3 Å². The lowest BCUT2D eigenvalue weighted by atomic mass is 9.86. The van der Waals surface area contributed by atoms with Crippen LogP contribution in [0, 0.1) is 12.3 Å². The molecule has 0 bridgehead atoms. The SMILES string of the molecule is COc1ccc(C)cc1CCC(C)(C)C(=O)O. The number of carbonyl (C=O) groups is 1. The second-order valence-electron chi connectivity index (χ2n) is 5.00. The molecule has 0 spiro atoms. The number of ether oxygens (including phenoxy) is 1. The first kappa shape index (κ1) is 13.6. The van der Waals surface area contributed by atoms with Gasteiger partial charge >= 0.3 is 5.97 Å². The van der Waals surface area contributed by atoms with Crippen LogP contribution in [0.25, 0.3) is 0 Å². The minimum atomic E-state index is -0.760. The number of aliphatic carboxylic acids is 1. The second-order valence-corrected chi connectivity index (χ2v) is 5.00. The molecule has 1 aromatic rings. The summed E-state index contributed by atoms with van der Waals surface area (Å²) >= 11 is 0. The van der Waals surface area contributed by atoms with Gasteiger partial charge in [-0.1, -0.05) is 17.7 Å². The highest BCUT2D eigenvalue weighted by atomic mass is 16.5. The molecule has 3 heteroatoms. The van der Waals surface area contributed by atoms with Gasteiger partial charge in [-0.3, -0.25) is 4.79 Å². The van der Waals surface area contributed by atoms with Crippen molar-refractivity contribution < 1.29 is 14.6 Å². The third-order valence-corrected chi connectivity index (χ3v) is 3.03. The third-order valence-electron chi connectivity index (χ3n) is 3.03. The number of rotatable bonds is 5. The van der Waals surface area contributed by atoms with Crippen molar-refractivity contribution in [2.75, 3.05) is 7.11 Å². The fourth-order valence-electron chi connectivity index (χ4n) is 1.66. The Morgan fingerprint density at radius 2 is 2.06 bits per heavy atom. The van der Waals surface area contributed by atoms with Crippen LogP contribution in [-0.4, -0.2) is 18.2 Å². The summed E-state index contributed by atoms with van der Waals surface area (Å²) in [6, 6.07) is 5.97. The molecule has 0 saturated heterocycles. The molecule has 0 aliphatic heterocycles. The van der Waals surface area contributed by atoms with E-state index in [9.17, 15) is 4.79 Å². The highest BCUT2D eigenvalue weighted by Gasteiger charge is 2.26. The summed E-state index contributed by atoms with van der Waals surface area (Å²) in [7, 11) is 1.64. The van der Waals surface area contributed by atoms with E-state index in [1.165, 1.54) is 0 Å². The van der Waals surface area contributed by atoms with E-state index in [-0.39, 0.29) is 0 Å². The maximum Gasteiger partial charge on any atom is 0.309 e. The molecule has 0 aromatic heterocycles. The highest BCUT2D eigenvalue weighted by molar-refractivity contribution is 5.73. The molecule has 1 N–H and O–H groups in total. The van der Waals surface area contributed by atoms with Crippen molar-refractivity contribution in [1.82, 2.24) is 0 Å². The van der Waals surface area contributed by atoms with E-state index in [0.717, 1.165) is 16.9 Å². The van der Waals surface area contributed by atoms with Gasteiger partial charge in [0.25, 0.3) is 0 Å². The molecule has 0 amide bonds. The quantitative estimate of drug-likeness (QED) is 0.854. The Bertz CT molecular complexity index is 408. The van der Waals surface area contributed by atoms with Gasteiger partial charge < -0.3 is 9.84 Å². The van der Waals surface area contributed by atoms with Gasteiger partial charge in [-0.05, 0) is 45.2 Å². The molecule has 0 atom stereocenters. The smallest absolute Gasteiger partial charge is 0.309 e. The summed E-state index contributed by atoms with van der Waals surface area (Å²) in [6.45, 7) is 5.51. The minimum absolute atomic E-state index is 0.599. The van der Waals surface area contributed by atoms with Crippen LogP contribution in [-0.2, 0) is 11.2 Å². The molecule has 94 valence electrons. The number of methoxy groups -OCH3 is 1. The lowest BCUT2D eigenvalue weighted by Crippen LogP contribution is -2.24. The van der Waals surface area contributed by atoms with Gasteiger partial charge in [0.2, 0.25) is 0 Å². The van der Waals surface area contributed by atoms with Gasteiger partial charge in [0.1, 0.15) is 5.75 Å². The summed E-state index contributed by atoms with van der Waals surface area (Å²) in [6.07, 6.45) is 1.31. The number of carboxylic acid groups (broad SMARTS) is 1. The third kappa shape index (κ3) is 3.48. The second kappa shape index (κ2) is 5.21. The summed E-state index contributed by atoms with van der Waals surface area (Å²) in [5.41, 5.74) is 1.53. The Hall–Kier alpha value is -1.51. The van der Waals surface area contributed by atoms with Crippen molar-refractivity contribution in [1.29, 1.82) is 0 Å². The highest BCUT2D eigenvalue weighted by Crippen LogP contribution is 2.27. The molecule has 0 saturated carbocycles. The summed E-state index contributed by atoms with van der Waals surface area (Å²) in [5.74, 6) is 0.0703. The lowest BCUT2D eigenvalue weighted by molar-refractivity contribution is -0.147. The molecule has 0 aliphatic rings.